The van der Waals surface area contributed by atoms with Gasteiger partial charge in [-0.25, -0.2) is 0 Å². The third-order valence-corrected chi connectivity index (χ3v) is 3.37. The molecule has 0 bridgehead atoms. The third-order valence-electron chi connectivity index (χ3n) is 3.37. The van der Waals surface area contributed by atoms with Crippen LogP contribution in [0.1, 0.15) is 20.3 Å². The van der Waals surface area contributed by atoms with E-state index < -0.39 is 5.79 Å². The largest absolute Gasteiger partial charge is 0.469 e. The molecule has 1 N–H and O–H groups in total. The lowest BCUT2D eigenvalue weighted by molar-refractivity contribution is -0.168. The van der Waals surface area contributed by atoms with Gasteiger partial charge in [-0.2, -0.15) is 0 Å². The first-order chi connectivity index (χ1) is 8.48. The summed E-state index contributed by atoms with van der Waals surface area (Å²) in [4.78, 5) is 11.8. The standard InChI is InChI=1S/C11H19BNO5/c1-11(2)17-8-6(10(14)15-3)5-7(9(8)18-11)13-12-16-4/h6-9,13H,5H2,1-4H3/t6-,7+,8+,9-/m0/s1. The van der Waals surface area contributed by atoms with Gasteiger partial charge < -0.3 is 24.1 Å². The number of methoxy groups -OCH3 is 1. The topological polar surface area (TPSA) is 66.0 Å². The smallest absolute Gasteiger partial charge is 0.395 e. The summed E-state index contributed by atoms with van der Waals surface area (Å²) in [5, 5.41) is 3.09. The maximum Gasteiger partial charge on any atom is 0.395 e. The van der Waals surface area contributed by atoms with Gasteiger partial charge in [0.2, 0.25) is 0 Å². The molecule has 0 amide bonds. The zero-order valence-electron chi connectivity index (χ0n) is 11.1. The molecular formula is C11H19BNO5. The van der Waals surface area contributed by atoms with Gasteiger partial charge in [0.1, 0.15) is 12.2 Å². The number of ether oxygens (including phenoxy) is 3. The fourth-order valence-electron chi connectivity index (χ4n) is 2.68. The molecule has 0 aromatic heterocycles. The lowest BCUT2D eigenvalue weighted by Gasteiger charge is -2.23. The van der Waals surface area contributed by atoms with Crippen molar-refractivity contribution in [3.05, 3.63) is 0 Å². The molecule has 2 aliphatic rings. The Balaban J connectivity index is 2.10. The first kappa shape index (κ1) is 13.8. The molecule has 1 radical (unpaired) electrons. The Hall–Kier alpha value is -0.625. The second kappa shape index (κ2) is 5.17. The average molecular weight is 256 g/mol. The summed E-state index contributed by atoms with van der Waals surface area (Å²) in [6, 6.07) is -0.0131. The molecular weight excluding hydrogens is 237 g/mol. The number of carbonyl (C=O) groups excluding carboxylic acids is 1. The summed E-state index contributed by atoms with van der Waals surface area (Å²) in [5.74, 6) is -1.23. The molecule has 0 aromatic carbocycles. The van der Waals surface area contributed by atoms with Crippen molar-refractivity contribution in [1.82, 2.24) is 5.23 Å². The van der Waals surface area contributed by atoms with Crippen molar-refractivity contribution in [2.24, 2.45) is 5.92 Å². The number of nitrogens with one attached hydrogen (secondary N) is 1. The van der Waals surface area contributed by atoms with Crippen LogP contribution in [0, 0.1) is 5.92 Å². The Bertz CT molecular complexity index is 325. The lowest BCUT2D eigenvalue weighted by Crippen LogP contribution is -2.42. The van der Waals surface area contributed by atoms with Crippen molar-refractivity contribution in [3.63, 3.8) is 0 Å². The Labute approximate surface area is 108 Å². The number of hydrogen-bond donors (Lipinski definition) is 1. The predicted octanol–water partition coefficient (Wildman–Crippen LogP) is -0.162. The molecule has 1 saturated heterocycles. The normalized spacial score (nSPS) is 37.3. The second-order valence-corrected chi connectivity index (χ2v) is 5.06. The molecule has 1 heterocycles. The van der Waals surface area contributed by atoms with Gasteiger partial charge in [-0.1, -0.05) is 0 Å². The average Bonchev–Trinajstić information content (AvgIpc) is 2.79. The molecule has 1 aliphatic heterocycles. The van der Waals surface area contributed by atoms with E-state index in [1.165, 1.54) is 14.7 Å². The van der Waals surface area contributed by atoms with Gasteiger partial charge in [0.05, 0.1) is 13.0 Å². The van der Waals surface area contributed by atoms with Crippen LogP contribution >= 0.6 is 0 Å². The lowest BCUT2D eigenvalue weighted by atomic mass is 10.1. The maximum atomic E-state index is 11.8. The molecule has 6 nitrogen and oxygen atoms in total. The highest BCUT2D eigenvalue weighted by atomic mass is 16.8. The van der Waals surface area contributed by atoms with Crippen molar-refractivity contribution in [2.75, 3.05) is 14.2 Å². The van der Waals surface area contributed by atoms with Crippen LogP contribution in [0.15, 0.2) is 0 Å². The highest BCUT2D eigenvalue weighted by Gasteiger charge is 2.56. The Morgan fingerprint density at radius 3 is 2.61 bits per heavy atom. The molecule has 18 heavy (non-hydrogen) atoms. The first-order valence-corrected chi connectivity index (χ1v) is 6.02. The molecule has 0 spiro atoms. The summed E-state index contributed by atoms with van der Waals surface area (Å²) in [7, 11) is 4.45. The summed E-state index contributed by atoms with van der Waals surface area (Å²) < 4.78 is 21.3. The van der Waals surface area contributed by atoms with Gasteiger partial charge in [0.15, 0.2) is 5.79 Å². The van der Waals surface area contributed by atoms with E-state index in [4.69, 9.17) is 18.9 Å². The van der Waals surface area contributed by atoms with E-state index in [-0.39, 0.29) is 30.1 Å². The Kier molecular flexibility index (Phi) is 3.96. The maximum absolute atomic E-state index is 11.8. The van der Waals surface area contributed by atoms with E-state index in [1.54, 1.807) is 7.11 Å². The number of fused-ring (bicyclic) bond motifs is 1. The van der Waals surface area contributed by atoms with Gasteiger partial charge in [-0.3, -0.25) is 4.79 Å². The second-order valence-electron chi connectivity index (χ2n) is 5.06. The fraction of sp³-hybridized carbons (Fsp3) is 0.909. The zero-order valence-corrected chi connectivity index (χ0v) is 11.1. The first-order valence-electron chi connectivity index (χ1n) is 6.02. The van der Waals surface area contributed by atoms with Crippen molar-refractivity contribution in [3.8, 4) is 0 Å². The zero-order chi connectivity index (χ0) is 13.3. The van der Waals surface area contributed by atoms with Crippen LogP contribution in [0.25, 0.3) is 0 Å². The number of esters is 1. The quantitative estimate of drug-likeness (QED) is 0.557. The van der Waals surface area contributed by atoms with E-state index in [0.29, 0.717) is 6.42 Å². The summed E-state index contributed by atoms with van der Waals surface area (Å²) in [6.07, 6.45) is 0.170. The van der Waals surface area contributed by atoms with E-state index in [9.17, 15) is 4.79 Å². The molecule has 0 unspecified atom stereocenters. The minimum Gasteiger partial charge on any atom is -0.469 e. The molecule has 4 atom stereocenters. The minimum absolute atomic E-state index is 0.0131. The summed E-state index contributed by atoms with van der Waals surface area (Å²) >= 11 is 0. The van der Waals surface area contributed by atoms with Crippen molar-refractivity contribution in [1.29, 1.82) is 0 Å². The highest BCUT2D eigenvalue weighted by molar-refractivity contribution is 6.23. The van der Waals surface area contributed by atoms with Crippen LogP contribution < -0.4 is 5.23 Å². The highest BCUT2D eigenvalue weighted by Crippen LogP contribution is 2.41. The predicted molar refractivity (Wildman–Crippen MR) is 63.6 cm³/mol. The van der Waals surface area contributed by atoms with Gasteiger partial charge in [0.25, 0.3) is 0 Å². The minimum atomic E-state index is -0.672. The van der Waals surface area contributed by atoms with Crippen LogP contribution in [0.3, 0.4) is 0 Å². The van der Waals surface area contributed by atoms with Gasteiger partial charge in [-0.15, -0.1) is 0 Å². The van der Waals surface area contributed by atoms with Gasteiger partial charge in [0, 0.05) is 13.2 Å². The van der Waals surface area contributed by atoms with Crippen molar-refractivity contribution in [2.45, 2.75) is 44.3 Å². The van der Waals surface area contributed by atoms with Crippen molar-refractivity contribution >= 4 is 13.6 Å². The van der Waals surface area contributed by atoms with Crippen LogP contribution in [0.5, 0.6) is 0 Å². The van der Waals surface area contributed by atoms with E-state index in [0.717, 1.165) is 0 Å². The third kappa shape index (κ3) is 2.54. The van der Waals surface area contributed by atoms with Gasteiger partial charge in [-0.05, 0) is 20.3 Å². The van der Waals surface area contributed by atoms with Gasteiger partial charge >= 0.3 is 13.6 Å². The van der Waals surface area contributed by atoms with Crippen LogP contribution in [0.4, 0.5) is 0 Å². The molecule has 0 aromatic rings. The Morgan fingerprint density at radius 1 is 1.33 bits per heavy atom. The monoisotopic (exact) mass is 256 g/mol. The number of carbonyl (C=O) groups is 1. The van der Waals surface area contributed by atoms with Crippen LogP contribution in [-0.4, -0.2) is 51.8 Å². The molecule has 101 valence electrons. The summed E-state index contributed by atoms with van der Waals surface area (Å²) in [6.45, 7) is 3.69. The van der Waals surface area contributed by atoms with Crippen LogP contribution in [-0.2, 0) is 23.7 Å². The van der Waals surface area contributed by atoms with Crippen LogP contribution in [0.2, 0.25) is 0 Å². The van der Waals surface area contributed by atoms with E-state index in [1.807, 2.05) is 13.8 Å². The van der Waals surface area contributed by atoms with E-state index >= 15 is 0 Å². The SMILES string of the molecule is CO[B]N[C@@H]1C[C@H](C(=O)OC)[C@H]2OC(C)(C)O[C@H]21. The fourth-order valence-corrected chi connectivity index (χ4v) is 2.68. The van der Waals surface area contributed by atoms with E-state index in [2.05, 4.69) is 5.23 Å². The van der Waals surface area contributed by atoms with Crippen molar-refractivity contribution < 1.29 is 23.7 Å². The number of hydrogen-bond acceptors (Lipinski definition) is 6. The molecule has 2 fully saturated rings. The number of rotatable bonds is 4. The molecule has 7 heteroatoms. The molecule has 2 rings (SSSR count). The summed E-state index contributed by atoms with van der Waals surface area (Å²) in [5.41, 5.74) is 0. The molecule has 1 aliphatic carbocycles. The Morgan fingerprint density at radius 2 is 2.00 bits per heavy atom. The molecule has 1 saturated carbocycles.